The molecule has 1 aliphatic heterocycles. The van der Waals surface area contributed by atoms with E-state index in [0.717, 1.165) is 54.5 Å². The molecule has 10 heteroatoms. The van der Waals surface area contributed by atoms with Gasteiger partial charge in [0.05, 0.1) is 6.42 Å². The van der Waals surface area contributed by atoms with Crippen LogP contribution >= 0.6 is 11.3 Å². The van der Waals surface area contributed by atoms with E-state index in [1.807, 2.05) is 12.1 Å². The molecule has 0 aliphatic carbocycles. The van der Waals surface area contributed by atoms with Crippen LogP contribution in [0.3, 0.4) is 0 Å². The average molecular weight is 486 g/mol. The monoisotopic (exact) mass is 485 g/mol. The Morgan fingerprint density at radius 1 is 1.06 bits per heavy atom. The maximum absolute atomic E-state index is 12.4. The van der Waals surface area contributed by atoms with E-state index in [1.165, 1.54) is 0 Å². The van der Waals surface area contributed by atoms with Crippen LogP contribution in [0.25, 0.3) is 0 Å². The second-order valence-corrected chi connectivity index (χ2v) is 10.9. The van der Waals surface area contributed by atoms with Crippen LogP contribution in [0.1, 0.15) is 11.1 Å². The molecule has 4 rings (SSSR count). The molecule has 8 nitrogen and oxygen atoms in total. The molecule has 0 bridgehead atoms. The Bertz CT molecular complexity index is 1170. The number of likely N-dealkylation sites (N-methyl/N-ethyl adjacent to an activating group) is 1. The Labute approximate surface area is 198 Å². The molecule has 1 saturated heterocycles. The minimum absolute atomic E-state index is 0.0973. The van der Waals surface area contributed by atoms with Gasteiger partial charge in [0.25, 0.3) is 10.0 Å². The fourth-order valence-corrected chi connectivity index (χ4v) is 5.59. The molecule has 1 aliphatic rings. The number of rotatable bonds is 8. The number of thiophene rings is 1. The van der Waals surface area contributed by atoms with Crippen molar-refractivity contribution in [3.8, 4) is 0 Å². The number of aromatic nitrogens is 1. The molecule has 0 radical (unpaired) electrons. The highest BCUT2D eigenvalue weighted by molar-refractivity contribution is 7.94. The maximum Gasteiger partial charge on any atom is 0.271 e. The van der Waals surface area contributed by atoms with Crippen molar-refractivity contribution in [3.63, 3.8) is 0 Å². The molecule has 1 fully saturated rings. The van der Waals surface area contributed by atoms with Gasteiger partial charge < -0.3 is 15.1 Å². The molecule has 1 aromatic carbocycles. The zero-order valence-corrected chi connectivity index (χ0v) is 20.0. The molecule has 3 heterocycles. The normalized spacial score (nSPS) is 14.8. The zero-order chi connectivity index (χ0) is 23.3. The maximum atomic E-state index is 12.4. The number of carbonyl (C=O) groups excluding carboxylic acids is 1. The van der Waals surface area contributed by atoms with Crippen molar-refractivity contribution in [2.45, 2.75) is 17.2 Å². The summed E-state index contributed by atoms with van der Waals surface area (Å²) in [4.78, 5) is 21.5. The van der Waals surface area contributed by atoms with Crippen molar-refractivity contribution in [2.75, 3.05) is 42.8 Å². The van der Waals surface area contributed by atoms with E-state index in [1.54, 1.807) is 48.0 Å². The highest BCUT2D eigenvalue weighted by atomic mass is 32.2. The van der Waals surface area contributed by atoms with E-state index in [9.17, 15) is 13.2 Å². The lowest BCUT2D eigenvalue weighted by Crippen LogP contribution is -2.44. The van der Waals surface area contributed by atoms with Gasteiger partial charge in [0.1, 0.15) is 10.0 Å². The molecule has 0 saturated carbocycles. The Morgan fingerprint density at radius 3 is 2.52 bits per heavy atom. The summed E-state index contributed by atoms with van der Waals surface area (Å²) in [5.41, 5.74) is 2.27. The van der Waals surface area contributed by atoms with Gasteiger partial charge in [-0.05, 0) is 53.9 Å². The number of piperazine rings is 1. The fraction of sp³-hybridized carbons (Fsp3) is 0.304. The van der Waals surface area contributed by atoms with Gasteiger partial charge in [0, 0.05) is 44.6 Å². The molecule has 0 spiro atoms. The Hall–Kier alpha value is -2.95. The van der Waals surface area contributed by atoms with Crippen LogP contribution in [-0.4, -0.2) is 57.4 Å². The number of hydrogen-bond acceptors (Lipinski definition) is 7. The van der Waals surface area contributed by atoms with Crippen molar-refractivity contribution in [2.24, 2.45) is 0 Å². The lowest BCUT2D eigenvalue weighted by Gasteiger charge is -2.33. The Balaban J connectivity index is 1.28. The van der Waals surface area contributed by atoms with E-state index in [-0.39, 0.29) is 16.5 Å². The standard InChI is InChI=1S/C23H27N5O3S2/c1-27-10-12-28(13-11-27)21-15-19(8-9-24-21)17-25-22(29)16-18-4-6-20(7-5-18)26-33(30,31)23-3-2-14-32-23/h2-9,14-15,26H,10-13,16-17H2,1H3,(H,25,29). The summed E-state index contributed by atoms with van der Waals surface area (Å²) in [6.07, 6.45) is 2.00. The summed E-state index contributed by atoms with van der Waals surface area (Å²) in [5, 5.41) is 4.67. The number of hydrogen-bond donors (Lipinski definition) is 2. The number of pyridine rings is 1. The number of carbonyl (C=O) groups is 1. The first kappa shape index (κ1) is 23.2. The number of sulfonamides is 1. The predicted octanol–water partition coefficient (Wildman–Crippen LogP) is 2.55. The lowest BCUT2D eigenvalue weighted by atomic mass is 10.1. The van der Waals surface area contributed by atoms with Crippen molar-refractivity contribution in [1.29, 1.82) is 0 Å². The molecule has 2 N–H and O–H groups in total. The fourth-order valence-electron chi connectivity index (χ4n) is 3.54. The largest absolute Gasteiger partial charge is 0.354 e. The molecule has 0 atom stereocenters. The smallest absolute Gasteiger partial charge is 0.271 e. The molecule has 1 amide bonds. The number of anilines is 2. The summed E-state index contributed by atoms with van der Waals surface area (Å²) >= 11 is 1.16. The first-order valence-electron chi connectivity index (χ1n) is 10.7. The minimum Gasteiger partial charge on any atom is -0.354 e. The van der Waals surface area contributed by atoms with E-state index in [0.29, 0.717) is 12.2 Å². The van der Waals surface area contributed by atoms with E-state index in [4.69, 9.17) is 0 Å². The van der Waals surface area contributed by atoms with Crippen molar-refractivity contribution in [3.05, 3.63) is 71.2 Å². The number of amides is 1. The van der Waals surface area contributed by atoms with Gasteiger partial charge >= 0.3 is 0 Å². The topological polar surface area (TPSA) is 94.6 Å². The summed E-state index contributed by atoms with van der Waals surface area (Å²) in [6.45, 7) is 4.34. The number of nitrogens with zero attached hydrogens (tertiary/aromatic N) is 3. The van der Waals surface area contributed by atoms with Crippen LogP contribution in [-0.2, 0) is 27.8 Å². The van der Waals surface area contributed by atoms with E-state index >= 15 is 0 Å². The first-order chi connectivity index (χ1) is 15.9. The summed E-state index contributed by atoms with van der Waals surface area (Å²) in [5.74, 6) is 0.843. The first-order valence-corrected chi connectivity index (χ1v) is 13.1. The predicted molar refractivity (Wildman–Crippen MR) is 131 cm³/mol. The van der Waals surface area contributed by atoms with Gasteiger partial charge in [0.15, 0.2) is 0 Å². The zero-order valence-electron chi connectivity index (χ0n) is 18.4. The van der Waals surface area contributed by atoms with E-state index in [2.05, 4.69) is 31.9 Å². The van der Waals surface area contributed by atoms with Crippen LogP contribution in [0, 0.1) is 0 Å². The minimum atomic E-state index is -3.58. The van der Waals surface area contributed by atoms with Gasteiger partial charge in [0.2, 0.25) is 5.91 Å². The average Bonchev–Trinajstić information content (AvgIpc) is 3.36. The molecular formula is C23H27N5O3S2. The molecule has 174 valence electrons. The van der Waals surface area contributed by atoms with Crippen LogP contribution < -0.4 is 14.9 Å². The third kappa shape index (κ3) is 6.31. The Morgan fingerprint density at radius 2 is 1.82 bits per heavy atom. The van der Waals surface area contributed by atoms with Gasteiger partial charge in [-0.1, -0.05) is 18.2 Å². The van der Waals surface area contributed by atoms with Crippen molar-refractivity contribution >= 4 is 38.8 Å². The van der Waals surface area contributed by atoms with Crippen molar-refractivity contribution in [1.82, 2.24) is 15.2 Å². The summed E-state index contributed by atoms with van der Waals surface area (Å²) in [7, 11) is -1.46. The van der Waals surface area contributed by atoms with E-state index < -0.39 is 10.0 Å². The third-order valence-corrected chi connectivity index (χ3v) is 8.24. The molecule has 0 unspecified atom stereocenters. The van der Waals surface area contributed by atoms with Crippen molar-refractivity contribution < 1.29 is 13.2 Å². The molecule has 3 aromatic rings. The summed E-state index contributed by atoms with van der Waals surface area (Å²) in [6, 6.07) is 14.0. The quantitative estimate of drug-likeness (QED) is 0.509. The Kier molecular flexibility index (Phi) is 7.26. The highest BCUT2D eigenvalue weighted by Crippen LogP contribution is 2.20. The second-order valence-electron chi connectivity index (χ2n) is 8.00. The highest BCUT2D eigenvalue weighted by Gasteiger charge is 2.16. The lowest BCUT2D eigenvalue weighted by molar-refractivity contribution is -0.120. The summed E-state index contributed by atoms with van der Waals surface area (Å²) < 4.78 is 27.4. The van der Waals surface area contributed by atoms with Gasteiger partial charge in [-0.25, -0.2) is 13.4 Å². The van der Waals surface area contributed by atoms with Gasteiger partial charge in [-0.2, -0.15) is 0 Å². The van der Waals surface area contributed by atoms with Crippen LogP contribution in [0.2, 0.25) is 0 Å². The molecular weight excluding hydrogens is 458 g/mol. The molecule has 2 aromatic heterocycles. The van der Waals surface area contributed by atoms with Crippen LogP contribution in [0.15, 0.2) is 64.3 Å². The SMILES string of the molecule is CN1CCN(c2cc(CNC(=O)Cc3ccc(NS(=O)(=O)c4cccs4)cc3)ccn2)CC1. The van der Waals surface area contributed by atoms with Gasteiger partial charge in [-0.3, -0.25) is 9.52 Å². The second kappa shape index (κ2) is 10.3. The van der Waals surface area contributed by atoms with Gasteiger partial charge in [-0.15, -0.1) is 11.3 Å². The number of nitrogens with one attached hydrogen (secondary N) is 2. The van der Waals surface area contributed by atoms with Crippen LogP contribution in [0.4, 0.5) is 11.5 Å². The third-order valence-electron chi connectivity index (χ3n) is 5.46. The number of benzene rings is 1. The molecule has 33 heavy (non-hydrogen) atoms. The van der Waals surface area contributed by atoms with Crippen LogP contribution in [0.5, 0.6) is 0 Å².